The third-order valence-corrected chi connectivity index (χ3v) is 7.10. The van der Waals surface area contributed by atoms with E-state index in [0.717, 1.165) is 0 Å². The lowest BCUT2D eigenvalue weighted by Gasteiger charge is -2.38. The lowest BCUT2D eigenvalue weighted by molar-refractivity contribution is -0.146. The highest BCUT2D eigenvalue weighted by Gasteiger charge is 2.38. The van der Waals surface area contributed by atoms with Crippen LogP contribution in [0.3, 0.4) is 0 Å². The average Bonchev–Trinajstić information content (AvgIpc) is 2.64. The zero-order valence-electron chi connectivity index (χ0n) is 14.5. The van der Waals surface area contributed by atoms with Crippen molar-refractivity contribution in [2.45, 2.75) is 30.7 Å². The molecule has 2 heterocycles. The number of halogens is 1. The number of piperazine rings is 1. The molecule has 2 amide bonds. The number of benzene rings is 1. The Bertz CT molecular complexity index is 797. The van der Waals surface area contributed by atoms with E-state index in [1.807, 2.05) is 0 Å². The molecule has 0 unspecified atom stereocenters. The molecular formula is C17H22ClN3O4S. The van der Waals surface area contributed by atoms with E-state index in [4.69, 9.17) is 11.6 Å². The van der Waals surface area contributed by atoms with Crippen LogP contribution < -0.4 is 5.32 Å². The third kappa shape index (κ3) is 3.72. The zero-order chi connectivity index (χ0) is 18.9. The summed E-state index contributed by atoms with van der Waals surface area (Å²) in [5.41, 5.74) is 0. The maximum absolute atomic E-state index is 12.9. The number of amides is 2. The number of nitrogens with one attached hydrogen (secondary N) is 1. The summed E-state index contributed by atoms with van der Waals surface area (Å²) in [6.45, 7) is 3.08. The summed E-state index contributed by atoms with van der Waals surface area (Å²) in [7, 11) is -3.68. The van der Waals surface area contributed by atoms with Crippen molar-refractivity contribution in [1.29, 1.82) is 0 Å². The van der Waals surface area contributed by atoms with Gasteiger partial charge in [0.15, 0.2) is 0 Å². The first kappa shape index (κ1) is 19.1. The Kier molecular flexibility index (Phi) is 5.55. The minimum atomic E-state index is -3.68. The summed E-state index contributed by atoms with van der Waals surface area (Å²) in [4.78, 5) is 26.4. The second-order valence-electron chi connectivity index (χ2n) is 6.65. The molecule has 1 aromatic carbocycles. The van der Waals surface area contributed by atoms with Crippen LogP contribution in [0.2, 0.25) is 5.02 Å². The van der Waals surface area contributed by atoms with E-state index in [9.17, 15) is 18.0 Å². The summed E-state index contributed by atoms with van der Waals surface area (Å²) in [5.74, 6) is -0.756. The van der Waals surface area contributed by atoms with Crippen molar-refractivity contribution in [1.82, 2.24) is 14.5 Å². The molecule has 0 spiro atoms. The van der Waals surface area contributed by atoms with Gasteiger partial charge in [-0.3, -0.25) is 9.59 Å². The van der Waals surface area contributed by atoms with E-state index < -0.39 is 22.0 Å². The monoisotopic (exact) mass is 399 g/mol. The van der Waals surface area contributed by atoms with Crippen molar-refractivity contribution in [3.8, 4) is 0 Å². The SMILES string of the molecule is C[C@H]1C(=O)NCCN1C(=O)[C@H]1CCCN(S(=O)(=O)c2ccc(Cl)cc2)C1. The normalized spacial score (nSPS) is 25.0. The lowest BCUT2D eigenvalue weighted by atomic mass is 9.97. The van der Waals surface area contributed by atoms with Gasteiger partial charge in [0, 0.05) is 31.2 Å². The van der Waals surface area contributed by atoms with Gasteiger partial charge in [-0.05, 0) is 44.0 Å². The van der Waals surface area contributed by atoms with Gasteiger partial charge in [0.25, 0.3) is 0 Å². The van der Waals surface area contributed by atoms with E-state index >= 15 is 0 Å². The van der Waals surface area contributed by atoms with Crippen LogP contribution in [0.4, 0.5) is 0 Å². The van der Waals surface area contributed by atoms with E-state index in [1.165, 1.54) is 28.6 Å². The Labute approximate surface area is 158 Å². The van der Waals surface area contributed by atoms with Crippen LogP contribution >= 0.6 is 11.6 Å². The molecule has 142 valence electrons. The molecule has 0 radical (unpaired) electrons. The Hall–Kier alpha value is -1.64. The number of rotatable bonds is 3. The highest BCUT2D eigenvalue weighted by molar-refractivity contribution is 7.89. The fraction of sp³-hybridized carbons (Fsp3) is 0.529. The van der Waals surface area contributed by atoms with Gasteiger partial charge in [-0.2, -0.15) is 4.31 Å². The topological polar surface area (TPSA) is 86.8 Å². The van der Waals surface area contributed by atoms with Crippen LogP contribution in [0.1, 0.15) is 19.8 Å². The largest absolute Gasteiger partial charge is 0.353 e. The van der Waals surface area contributed by atoms with Crippen molar-refractivity contribution in [2.24, 2.45) is 5.92 Å². The van der Waals surface area contributed by atoms with Gasteiger partial charge < -0.3 is 10.2 Å². The first-order valence-corrected chi connectivity index (χ1v) is 10.5. The van der Waals surface area contributed by atoms with E-state index in [0.29, 0.717) is 37.5 Å². The maximum Gasteiger partial charge on any atom is 0.243 e. The Balaban J connectivity index is 1.75. The molecule has 9 heteroatoms. The van der Waals surface area contributed by atoms with Crippen molar-refractivity contribution in [3.05, 3.63) is 29.3 Å². The molecule has 1 aromatic rings. The Morgan fingerprint density at radius 3 is 2.62 bits per heavy atom. The van der Waals surface area contributed by atoms with Crippen LogP contribution in [0.5, 0.6) is 0 Å². The first-order valence-electron chi connectivity index (χ1n) is 8.64. The summed E-state index contributed by atoms with van der Waals surface area (Å²) >= 11 is 5.83. The van der Waals surface area contributed by atoms with Crippen LogP contribution in [-0.2, 0) is 19.6 Å². The Morgan fingerprint density at radius 1 is 1.23 bits per heavy atom. The molecular weight excluding hydrogens is 378 g/mol. The first-order chi connectivity index (χ1) is 12.3. The van der Waals surface area contributed by atoms with Gasteiger partial charge in [0.1, 0.15) is 6.04 Å². The maximum atomic E-state index is 12.9. The second-order valence-corrected chi connectivity index (χ2v) is 9.03. The van der Waals surface area contributed by atoms with Crippen molar-refractivity contribution < 1.29 is 18.0 Å². The molecule has 0 aromatic heterocycles. The average molecular weight is 400 g/mol. The second kappa shape index (κ2) is 7.54. The quantitative estimate of drug-likeness (QED) is 0.824. The minimum absolute atomic E-state index is 0.134. The number of piperidine rings is 1. The van der Waals surface area contributed by atoms with Crippen LogP contribution in [-0.4, -0.2) is 61.7 Å². The molecule has 0 aliphatic carbocycles. The number of nitrogens with zero attached hydrogens (tertiary/aromatic N) is 2. The zero-order valence-corrected chi connectivity index (χ0v) is 16.1. The minimum Gasteiger partial charge on any atom is -0.353 e. The van der Waals surface area contributed by atoms with Crippen LogP contribution in [0, 0.1) is 5.92 Å². The molecule has 3 rings (SSSR count). The van der Waals surface area contributed by atoms with Crippen molar-refractivity contribution in [2.75, 3.05) is 26.2 Å². The number of carbonyl (C=O) groups is 2. The molecule has 7 nitrogen and oxygen atoms in total. The third-order valence-electron chi connectivity index (χ3n) is 4.97. The van der Waals surface area contributed by atoms with Gasteiger partial charge in [-0.25, -0.2) is 8.42 Å². The molecule has 0 bridgehead atoms. The Morgan fingerprint density at radius 2 is 1.92 bits per heavy atom. The van der Waals surface area contributed by atoms with Gasteiger partial charge in [0.2, 0.25) is 21.8 Å². The standard InChI is InChI=1S/C17H22ClN3O4S/c1-12-16(22)19-8-10-21(12)17(23)13-3-2-9-20(11-13)26(24,25)15-6-4-14(18)5-7-15/h4-7,12-13H,2-3,8-11H2,1H3,(H,19,22)/t12-,13-/m0/s1. The molecule has 2 fully saturated rings. The predicted molar refractivity (Wildman–Crippen MR) is 97.1 cm³/mol. The predicted octanol–water partition coefficient (Wildman–Crippen LogP) is 1.09. The number of hydrogen-bond donors (Lipinski definition) is 1. The molecule has 2 aliphatic heterocycles. The fourth-order valence-corrected chi connectivity index (χ4v) is 5.09. The van der Waals surface area contributed by atoms with Crippen molar-refractivity contribution >= 4 is 33.4 Å². The van der Waals surface area contributed by atoms with Crippen LogP contribution in [0.25, 0.3) is 0 Å². The molecule has 0 saturated carbocycles. The van der Waals surface area contributed by atoms with E-state index in [2.05, 4.69) is 5.32 Å². The summed E-state index contributed by atoms with van der Waals surface area (Å²) in [6, 6.07) is 5.49. The van der Waals surface area contributed by atoms with Gasteiger partial charge in [-0.1, -0.05) is 11.6 Å². The smallest absolute Gasteiger partial charge is 0.243 e. The van der Waals surface area contributed by atoms with E-state index in [1.54, 1.807) is 11.8 Å². The van der Waals surface area contributed by atoms with Gasteiger partial charge in [0.05, 0.1) is 10.8 Å². The molecule has 26 heavy (non-hydrogen) atoms. The highest BCUT2D eigenvalue weighted by atomic mass is 35.5. The van der Waals surface area contributed by atoms with Crippen LogP contribution in [0.15, 0.2) is 29.2 Å². The molecule has 2 aliphatic rings. The molecule has 2 atom stereocenters. The summed E-state index contributed by atoms with van der Waals surface area (Å²) < 4.78 is 27.1. The number of sulfonamides is 1. The summed E-state index contributed by atoms with van der Waals surface area (Å²) in [5, 5.41) is 3.19. The highest BCUT2D eigenvalue weighted by Crippen LogP contribution is 2.26. The fourth-order valence-electron chi connectivity index (χ4n) is 3.44. The summed E-state index contributed by atoms with van der Waals surface area (Å²) in [6.07, 6.45) is 1.23. The molecule has 2 saturated heterocycles. The molecule has 1 N–H and O–H groups in total. The van der Waals surface area contributed by atoms with Crippen molar-refractivity contribution in [3.63, 3.8) is 0 Å². The number of carbonyl (C=O) groups excluding carboxylic acids is 2. The van der Waals surface area contributed by atoms with Gasteiger partial charge >= 0.3 is 0 Å². The number of hydrogen-bond acceptors (Lipinski definition) is 4. The lowest BCUT2D eigenvalue weighted by Crippen LogP contribution is -2.58. The van der Waals surface area contributed by atoms with E-state index in [-0.39, 0.29) is 23.3 Å². The van der Waals surface area contributed by atoms with Gasteiger partial charge in [-0.15, -0.1) is 0 Å².